The van der Waals surface area contributed by atoms with E-state index in [-0.39, 0.29) is 5.91 Å². The number of nitrogens with zero attached hydrogens (tertiary/aromatic N) is 2. The molecule has 0 atom stereocenters. The van der Waals surface area contributed by atoms with E-state index in [2.05, 4.69) is 15.5 Å². The van der Waals surface area contributed by atoms with Gasteiger partial charge in [-0.15, -0.1) is 11.8 Å². The molecule has 0 bridgehead atoms. The van der Waals surface area contributed by atoms with Gasteiger partial charge in [-0.05, 0) is 42.5 Å². The van der Waals surface area contributed by atoms with E-state index < -0.39 is 0 Å². The number of ether oxygens (including phenoxy) is 2. The predicted octanol–water partition coefficient (Wildman–Crippen LogP) is 4.00. The van der Waals surface area contributed by atoms with E-state index in [1.807, 2.05) is 30.3 Å². The molecular formula is C19H19N3O4S. The first-order valence-corrected chi connectivity index (χ1v) is 9.13. The first-order valence-electron chi connectivity index (χ1n) is 8.14. The van der Waals surface area contributed by atoms with Crippen molar-refractivity contribution >= 4 is 23.4 Å². The van der Waals surface area contributed by atoms with Crippen molar-refractivity contribution in [3.8, 4) is 22.9 Å². The number of amides is 1. The second-order valence-corrected chi connectivity index (χ2v) is 6.62. The maximum atomic E-state index is 11.0. The fourth-order valence-corrected chi connectivity index (χ4v) is 3.12. The van der Waals surface area contributed by atoms with Crippen LogP contribution in [-0.4, -0.2) is 30.3 Å². The summed E-state index contributed by atoms with van der Waals surface area (Å²) in [5.74, 6) is 2.71. The van der Waals surface area contributed by atoms with Crippen LogP contribution in [0.1, 0.15) is 12.8 Å². The minimum atomic E-state index is -0.0936. The third kappa shape index (κ3) is 4.79. The monoisotopic (exact) mass is 385 g/mol. The molecule has 0 fully saturated rings. The van der Waals surface area contributed by atoms with Crippen LogP contribution >= 0.6 is 11.8 Å². The van der Waals surface area contributed by atoms with E-state index in [0.29, 0.717) is 29.0 Å². The number of carbonyl (C=O) groups is 1. The van der Waals surface area contributed by atoms with Crippen LogP contribution in [0.15, 0.2) is 51.9 Å². The van der Waals surface area contributed by atoms with Crippen LogP contribution in [0.3, 0.4) is 0 Å². The molecule has 0 spiro atoms. The zero-order valence-electron chi connectivity index (χ0n) is 15.2. The van der Waals surface area contributed by atoms with Gasteiger partial charge >= 0.3 is 0 Å². The Morgan fingerprint density at radius 1 is 1.11 bits per heavy atom. The van der Waals surface area contributed by atoms with Gasteiger partial charge in [0, 0.05) is 23.1 Å². The minimum absolute atomic E-state index is 0.0936. The molecule has 0 unspecified atom stereocenters. The molecule has 7 nitrogen and oxygen atoms in total. The molecule has 0 aliphatic carbocycles. The average molecular weight is 385 g/mol. The average Bonchev–Trinajstić information content (AvgIpc) is 3.15. The van der Waals surface area contributed by atoms with E-state index in [1.165, 1.54) is 6.92 Å². The largest absolute Gasteiger partial charge is 0.493 e. The first-order chi connectivity index (χ1) is 13.1. The SMILES string of the molecule is COc1ccc(-c2noc(CSc3ccc(NC(C)=O)cc3)n2)cc1OC. The number of hydrogen-bond donors (Lipinski definition) is 1. The van der Waals surface area contributed by atoms with Gasteiger partial charge in [-0.25, -0.2) is 0 Å². The molecule has 1 aromatic heterocycles. The number of hydrogen-bond acceptors (Lipinski definition) is 7. The van der Waals surface area contributed by atoms with Crippen LogP contribution in [-0.2, 0) is 10.5 Å². The highest BCUT2D eigenvalue weighted by Crippen LogP contribution is 2.31. The van der Waals surface area contributed by atoms with E-state index in [9.17, 15) is 4.79 Å². The Morgan fingerprint density at radius 3 is 2.52 bits per heavy atom. The molecule has 3 rings (SSSR count). The van der Waals surface area contributed by atoms with Crippen LogP contribution in [0.2, 0.25) is 0 Å². The quantitative estimate of drug-likeness (QED) is 0.615. The van der Waals surface area contributed by atoms with Crippen molar-refractivity contribution in [2.75, 3.05) is 19.5 Å². The third-order valence-electron chi connectivity index (χ3n) is 3.65. The summed E-state index contributed by atoms with van der Waals surface area (Å²) >= 11 is 1.57. The highest BCUT2D eigenvalue weighted by Gasteiger charge is 2.12. The first kappa shape index (κ1) is 18.8. The Balaban J connectivity index is 1.65. The van der Waals surface area contributed by atoms with Crippen molar-refractivity contribution < 1.29 is 18.8 Å². The molecule has 27 heavy (non-hydrogen) atoms. The minimum Gasteiger partial charge on any atom is -0.493 e. The van der Waals surface area contributed by atoms with Crippen molar-refractivity contribution in [1.82, 2.24) is 10.1 Å². The lowest BCUT2D eigenvalue weighted by Crippen LogP contribution is -2.05. The van der Waals surface area contributed by atoms with Gasteiger partial charge in [0.2, 0.25) is 17.6 Å². The van der Waals surface area contributed by atoms with Gasteiger partial charge in [-0.3, -0.25) is 4.79 Å². The summed E-state index contributed by atoms with van der Waals surface area (Å²) in [5, 5.41) is 6.77. The smallest absolute Gasteiger partial charge is 0.237 e. The van der Waals surface area contributed by atoms with Gasteiger partial charge in [-0.1, -0.05) is 5.16 Å². The van der Waals surface area contributed by atoms with Gasteiger partial charge in [-0.2, -0.15) is 4.98 Å². The molecule has 1 amide bonds. The van der Waals surface area contributed by atoms with Crippen LogP contribution in [0.5, 0.6) is 11.5 Å². The number of benzene rings is 2. The standard InChI is InChI=1S/C19H19N3O4S/c1-12(23)20-14-5-7-15(8-6-14)27-11-18-21-19(22-26-18)13-4-9-16(24-2)17(10-13)25-3/h4-10H,11H2,1-3H3,(H,20,23). The zero-order valence-corrected chi connectivity index (χ0v) is 16.0. The summed E-state index contributed by atoms with van der Waals surface area (Å²) in [6.07, 6.45) is 0. The molecule has 0 aliphatic rings. The van der Waals surface area contributed by atoms with E-state index in [0.717, 1.165) is 16.1 Å². The van der Waals surface area contributed by atoms with Crippen LogP contribution in [0, 0.1) is 0 Å². The number of rotatable bonds is 7. The Kier molecular flexibility index (Phi) is 5.97. The van der Waals surface area contributed by atoms with Crippen LogP contribution < -0.4 is 14.8 Å². The maximum absolute atomic E-state index is 11.0. The summed E-state index contributed by atoms with van der Waals surface area (Å²) < 4.78 is 15.9. The van der Waals surface area contributed by atoms with Crippen LogP contribution in [0.25, 0.3) is 11.4 Å². The van der Waals surface area contributed by atoms with Gasteiger partial charge in [0.25, 0.3) is 0 Å². The van der Waals surface area contributed by atoms with Gasteiger partial charge < -0.3 is 19.3 Å². The second kappa shape index (κ2) is 8.59. The lowest BCUT2D eigenvalue weighted by molar-refractivity contribution is -0.114. The summed E-state index contributed by atoms with van der Waals surface area (Å²) in [6, 6.07) is 13.0. The maximum Gasteiger partial charge on any atom is 0.237 e. The number of anilines is 1. The fourth-order valence-electron chi connectivity index (χ4n) is 2.39. The third-order valence-corrected chi connectivity index (χ3v) is 4.64. The van der Waals surface area contributed by atoms with Gasteiger partial charge in [0.15, 0.2) is 11.5 Å². The zero-order chi connectivity index (χ0) is 19.2. The van der Waals surface area contributed by atoms with Crippen molar-refractivity contribution in [1.29, 1.82) is 0 Å². The molecule has 8 heteroatoms. The normalized spacial score (nSPS) is 10.5. The highest BCUT2D eigenvalue weighted by atomic mass is 32.2. The Labute approximate surface area is 161 Å². The summed E-state index contributed by atoms with van der Waals surface area (Å²) in [6.45, 7) is 1.48. The molecule has 140 valence electrons. The molecule has 1 heterocycles. The van der Waals surface area contributed by atoms with E-state index in [4.69, 9.17) is 14.0 Å². The number of carbonyl (C=O) groups excluding carboxylic acids is 1. The molecular weight excluding hydrogens is 366 g/mol. The van der Waals surface area contributed by atoms with Crippen molar-refractivity contribution in [2.45, 2.75) is 17.6 Å². The molecule has 0 saturated heterocycles. The number of aromatic nitrogens is 2. The van der Waals surface area contributed by atoms with Gasteiger partial charge in [0.05, 0.1) is 20.0 Å². The molecule has 0 radical (unpaired) electrons. The summed E-state index contributed by atoms with van der Waals surface area (Å²) in [5.41, 5.74) is 1.55. The molecule has 0 aliphatic heterocycles. The fraction of sp³-hybridized carbons (Fsp3) is 0.211. The van der Waals surface area contributed by atoms with Gasteiger partial charge in [0.1, 0.15) is 0 Å². The van der Waals surface area contributed by atoms with E-state index >= 15 is 0 Å². The summed E-state index contributed by atoms with van der Waals surface area (Å²) in [7, 11) is 3.17. The highest BCUT2D eigenvalue weighted by molar-refractivity contribution is 7.98. The Hall–Kier alpha value is -3.00. The second-order valence-electron chi connectivity index (χ2n) is 5.58. The molecule has 1 N–H and O–H groups in total. The molecule has 3 aromatic rings. The lowest BCUT2D eigenvalue weighted by Gasteiger charge is -2.07. The number of thioether (sulfide) groups is 1. The molecule has 0 saturated carbocycles. The van der Waals surface area contributed by atoms with Crippen LogP contribution in [0.4, 0.5) is 5.69 Å². The predicted molar refractivity (Wildman–Crippen MR) is 103 cm³/mol. The van der Waals surface area contributed by atoms with E-state index in [1.54, 1.807) is 38.1 Å². The van der Waals surface area contributed by atoms with Crippen molar-refractivity contribution in [3.05, 3.63) is 48.4 Å². The number of nitrogens with one attached hydrogen (secondary N) is 1. The molecule has 2 aromatic carbocycles. The number of methoxy groups -OCH3 is 2. The Morgan fingerprint density at radius 2 is 1.85 bits per heavy atom. The van der Waals surface area contributed by atoms with Crippen molar-refractivity contribution in [3.63, 3.8) is 0 Å². The summed E-state index contributed by atoms with van der Waals surface area (Å²) in [4.78, 5) is 16.5. The lowest BCUT2D eigenvalue weighted by atomic mass is 10.2. The topological polar surface area (TPSA) is 86.5 Å². The van der Waals surface area contributed by atoms with Crippen molar-refractivity contribution in [2.24, 2.45) is 0 Å². The Bertz CT molecular complexity index is 925.